The van der Waals surface area contributed by atoms with E-state index in [1.807, 2.05) is 25.2 Å². The number of carbonyl (C=O) groups excluding carboxylic acids is 2. The molecule has 18 heavy (non-hydrogen) atoms. The first-order valence-electron chi connectivity index (χ1n) is 5.61. The van der Waals surface area contributed by atoms with Crippen molar-refractivity contribution in [3.63, 3.8) is 0 Å². The maximum absolute atomic E-state index is 11.4. The summed E-state index contributed by atoms with van der Waals surface area (Å²) in [6.07, 6.45) is 0. The Morgan fingerprint density at radius 2 is 2.00 bits per heavy atom. The molecule has 1 aliphatic heterocycles. The van der Waals surface area contributed by atoms with E-state index >= 15 is 0 Å². The summed E-state index contributed by atoms with van der Waals surface area (Å²) < 4.78 is 0.927. The van der Waals surface area contributed by atoms with Crippen LogP contribution in [0.4, 0.5) is 5.69 Å². The van der Waals surface area contributed by atoms with Crippen LogP contribution in [-0.4, -0.2) is 32.0 Å². The van der Waals surface area contributed by atoms with Crippen molar-refractivity contribution in [3.05, 3.63) is 28.2 Å². The van der Waals surface area contributed by atoms with E-state index in [9.17, 15) is 9.59 Å². The van der Waals surface area contributed by atoms with Crippen molar-refractivity contribution in [2.24, 2.45) is 0 Å². The summed E-state index contributed by atoms with van der Waals surface area (Å²) in [4.78, 5) is 24.6. The van der Waals surface area contributed by atoms with Gasteiger partial charge in [-0.25, -0.2) is 0 Å². The van der Waals surface area contributed by atoms with Gasteiger partial charge in [0.25, 0.3) is 0 Å². The van der Waals surface area contributed by atoms with Gasteiger partial charge in [-0.15, -0.1) is 0 Å². The predicted octanol–water partition coefficient (Wildman–Crippen LogP) is 0.631. The van der Waals surface area contributed by atoms with Gasteiger partial charge in [0.2, 0.25) is 11.8 Å². The van der Waals surface area contributed by atoms with E-state index in [4.69, 9.17) is 0 Å². The molecule has 1 heterocycles. The minimum Gasteiger partial charge on any atom is -0.353 e. The van der Waals surface area contributed by atoms with Crippen LogP contribution in [-0.2, 0) is 16.1 Å². The number of benzene rings is 1. The molecule has 1 aromatic carbocycles. The number of hydrogen-bond donors (Lipinski definition) is 2. The second kappa shape index (κ2) is 5.49. The second-order valence-electron chi connectivity index (χ2n) is 4.13. The standard InChI is InChI=1S/C12H14BrN3O2/c1-14-5-8-2-3-9(13)4-10(8)16-6-11(17)15-12(18)7-16/h2-4,14H,5-7H2,1H3,(H,15,17,18). The molecule has 0 bridgehead atoms. The van der Waals surface area contributed by atoms with Gasteiger partial charge in [0.15, 0.2) is 0 Å². The van der Waals surface area contributed by atoms with E-state index in [-0.39, 0.29) is 24.9 Å². The molecule has 5 nitrogen and oxygen atoms in total. The van der Waals surface area contributed by atoms with Crippen molar-refractivity contribution >= 4 is 33.4 Å². The molecule has 0 aromatic heterocycles. The van der Waals surface area contributed by atoms with Gasteiger partial charge in [-0.1, -0.05) is 22.0 Å². The lowest BCUT2D eigenvalue weighted by molar-refractivity contribution is -0.130. The monoisotopic (exact) mass is 311 g/mol. The Bertz CT molecular complexity index is 474. The Morgan fingerprint density at radius 1 is 1.33 bits per heavy atom. The van der Waals surface area contributed by atoms with Crippen LogP contribution < -0.4 is 15.5 Å². The summed E-state index contributed by atoms with van der Waals surface area (Å²) >= 11 is 3.41. The number of hydrogen-bond acceptors (Lipinski definition) is 4. The average Bonchev–Trinajstić information content (AvgIpc) is 2.30. The molecule has 96 valence electrons. The number of imide groups is 1. The summed E-state index contributed by atoms with van der Waals surface area (Å²) in [6.45, 7) is 1.10. The Morgan fingerprint density at radius 3 is 2.61 bits per heavy atom. The maximum atomic E-state index is 11.4. The fourth-order valence-corrected chi connectivity index (χ4v) is 2.33. The molecule has 0 radical (unpaired) electrons. The topological polar surface area (TPSA) is 61.4 Å². The number of nitrogens with one attached hydrogen (secondary N) is 2. The van der Waals surface area contributed by atoms with Crippen LogP contribution in [0.5, 0.6) is 0 Å². The molecule has 1 aromatic rings. The molecule has 1 aliphatic rings. The Balaban J connectivity index is 2.33. The van der Waals surface area contributed by atoms with Gasteiger partial charge in [-0.2, -0.15) is 0 Å². The molecule has 1 saturated heterocycles. The zero-order valence-electron chi connectivity index (χ0n) is 10.00. The van der Waals surface area contributed by atoms with Gasteiger partial charge >= 0.3 is 0 Å². The highest BCUT2D eigenvalue weighted by Crippen LogP contribution is 2.25. The first-order valence-corrected chi connectivity index (χ1v) is 6.40. The summed E-state index contributed by atoms with van der Waals surface area (Å²) in [6, 6.07) is 5.85. The summed E-state index contributed by atoms with van der Waals surface area (Å²) in [5.41, 5.74) is 1.96. The molecular formula is C12H14BrN3O2. The highest BCUT2D eigenvalue weighted by Gasteiger charge is 2.24. The minimum absolute atomic E-state index is 0.207. The van der Waals surface area contributed by atoms with Crippen LogP contribution in [0.3, 0.4) is 0 Å². The van der Waals surface area contributed by atoms with Crippen LogP contribution in [0, 0.1) is 0 Å². The quantitative estimate of drug-likeness (QED) is 0.804. The van der Waals surface area contributed by atoms with E-state index in [2.05, 4.69) is 26.6 Å². The van der Waals surface area contributed by atoms with Crippen molar-refractivity contribution in [3.8, 4) is 0 Å². The number of piperazine rings is 1. The maximum Gasteiger partial charge on any atom is 0.246 e. The molecule has 2 N–H and O–H groups in total. The molecule has 6 heteroatoms. The zero-order valence-corrected chi connectivity index (χ0v) is 11.6. The van der Waals surface area contributed by atoms with Gasteiger partial charge in [-0.05, 0) is 24.7 Å². The Hall–Kier alpha value is -1.40. The summed E-state index contributed by atoms with van der Waals surface area (Å²) in [7, 11) is 1.86. The SMILES string of the molecule is CNCc1ccc(Br)cc1N1CC(=O)NC(=O)C1. The lowest BCUT2D eigenvalue weighted by atomic mass is 10.1. The number of halogens is 1. The lowest BCUT2D eigenvalue weighted by Crippen LogP contribution is -2.51. The van der Waals surface area contributed by atoms with Gasteiger partial charge in [0.1, 0.15) is 0 Å². The molecule has 0 spiro atoms. The average molecular weight is 312 g/mol. The van der Waals surface area contributed by atoms with Gasteiger partial charge < -0.3 is 10.2 Å². The van der Waals surface area contributed by atoms with Gasteiger partial charge in [0.05, 0.1) is 13.1 Å². The lowest BCUT2D eigenvalue weighted by Gasteiger charge is -2.29. The molecule has 0 atom stereocenters. The van der Waals surface area contributed by atoms with Crippen LogP contribution in [0.25, 0.3) is 0 Å². The fraction of sp³-hybridized carbons (Fsp3) is 0.333. The number of amides is 2. The van der Waals surface area contributed by atoms with E-state index in [0.717, 1.165) is 15.7 Å². The first-order chi connectivity index (χ1) is 8.60. The highest BCUT2D eigenvalue weighted by molar-refractivity contribution is 9.10. The van der Waals surface area contributed by atoms with E-state index < -0.39 is 0 Å². The number of rotatable bonds is 3. The molecule has 0 aliphatic carbocycles. The molecular weight excluding hydrogens is 298 g/mol. The van der Waals surface area contributed by atoms with Crippen molar-refractivity contribution in [1.82, 2.24) is 10.6 Å². The van der Waals surface area contributed by atoms with Crippen molar-refractivity contribution in [2.45, 2.75) is 6.54 Å². The van der Waals surface area contributed by atoms with Crippen molar-refractivity contribution < 1.29 is 9.59 Å². The number of carbonyl (C=O) groups is 2. The molecule has 0 unspecified atom stereocenters. The third kappa shape index (κ3) is 2.88. The number of anilines is 1. The van der Waals surface area contributed by atoms with Gasteiger partial charge in [0, 0.05) is 16.7 Å². The summed E-state index contributed by atoms with van der Waals surface area (Å²) in [5.74, 6) is -0.525. The Kier molecular flexibility index (Phi) is 3.98. The number of nitrogens with zero attached hydrogens (tertiary/aromatic N) is 1. The van der Waals surface area contributed by atoms with Gasteiger partial charge in [-0.3, -0.25) is 14.9 Å². The van der Waals surface area contributed by atoms with E-state index in [1.54, 1.807) is 4.90 Å². The van der Waals surface area contributed by atoms with Crippen LogP contribution in [0.1, 0.15) is 5.56 Å². The van der Waals surface area contributed by atoms with E-state index in [0.29, 0.717) is 6.54 Å². The largest absolute Gasteiger partial charge is 0.353 e. The second-order valence-corrected chi connectivity index (χ2v) is 5.05. The van der Waals surface area contributed by atoms with Crippen LogP contribution >= 0.6 is 15.9 Å². The van der Waals surface area contributed by atoms with E-state index in [1.165, 1.54) is 0 Å². The Labute approximate surface area is 114 Å². The predicted molar refractivity (Wildman–Crippen MR) is 72.3 cm³/mol. The fourth-order valence-electron chi connectivity index (χ4n) is 1.98. The van der Waals surface area contributed by atoms with Crippen molar-refractivity contribution in [1.29, 1.82) is 0 Å². The normalized spacial score (nSPS) is 15.8. The summed E-state index contributed by atoms with van der Waals surface area (Å²) in [5, 5.41) is 5.38. The van der Waals surface area contributed by atoms with Crippen LogP contribution in [0.2, 0.25) is 0 Å². The third-order valence-corrected chi connectivity index (χ3v) is 3.20. The van der Waals surface area contributed by atoms with Crippen molar-refractivity contribution in [2.75, 3.05) is 25.0 Å². The zero-order chi connectivity index (χ0) is 13.1. The third-order valence-electron chi connectivity index (χ3n) is 2.70. The molecule has 0 saturated carbocycles. The molecule has 1 fully saturated rings. The highest BCUT2D eigenvalue weighted by atomic mass is 79.9. The smallest absolute Gasteiger partial charge is 0.246 e. The first kappa shape index (κ1) is 13.0. The van der Waals surface area contributed by atoms with Crippen LogP contribution in [0.15, 0.2) is 22.7 Å². The molecule has 2 rings (SSSR count). The minimum atomic E-state index is -0.262. The molecule has 2 amide bonds.